The summed E-state index contributed by atoms with van der Waals surface area (Å²) in [6.07, 6.45) is 1.73. The maximum absolute atomic E-state index is 12.2. The summed E-state index contributed by atoms with van der Waals surface area (Å²) in [7, 11) is 2.95. The minimum atomic E-state index is -0.566. The first-order valence-electron chi connectivity index (χ1n) is 8.84. The Hall–Kier alpha value is -2.56. The molecule has 1 saturated heterocycles. The Bertz CT molecular complexity index is 979. The average Bonchev–Trinajstić information content (AvgIpc) is 2.68. The maximum Gasteiger partial charge on any atom is 0.332 e. The number of nitrogens with zero attached hydrogens (tertiary/aromatic N) is 4. The summed E-state index contributed by atoms with van der Waals surface area (Å²) < 4.78 is 2.29. The van der Waals surface area contributed by atoms with Crippen LogP contribution in [0.15, 0.2) is 33.9 Å². The molecule has 142 valence electrons. The number of hydrogen-bond donors (Lipinski definition) is 1. The predicted octanol–water partition coefficient (Wildman–Crippen LogP) is 1.69. The second-order valence-electron chi connectivity index (χ2n) is 6.86. The number of anilines is 1. The highest BCUT2D eigenvalue weighted by atomic mass is 35.5. The maximum atomic E-state index is 12.2. The van der Waals surface area contributed by atoms with Crippen LogP contribution in [0.2, 0.25) is 5.02 Å². The van der Waals surface area contributed by atoms with Crippen LogP contribution in [0.4, 0.5) is 5.82 Å². The summed E-state index contributed by atoms with van der Waals surface area (Å²) in [6, 6.07) is 9.89. The first-order valence-corrected chi connectivity index (χ1v) is 9.22. The number of nitriles is 1. The van der Waals surface area contributed by atoms with Gasteiger partial charge in [0.25, 0.3) is 5.56 Å². The largest absolute Gasteiger partial charge is 0.367 e. The van der Waals surface area contributed by atoms with Gasteiger partial charge in [0.1, 0.15) is 11.9 Å². The van der Waals surface area contributed by atoms with E-state index < -0.39 is 11.2 Å². The molecule has 0 atom stereocenters. The van der Waals surface area contributed by atoms with E-state index >= 15 is 0 Å². The Morgan fingerprint density at radius 2 is 1.78 bits per heavy atom. The van der Waals surface area contributed by atoms with Crippen molar-refractivity contribution >= 4 is 17.4 Å². The lowest BCUT2D eigenvalue weighted by molar-refractivity contribution is 0.211. The van der Waals surface area contributed by atoms with Gasteiger partial charge in [0.15, 0.2) is 5.56 Å². The third kappa shape index (κ3) is 4.07. The molecule has 0 saturated carbocycles. The Kier molecular flexibility index (Phi) is 5.68. The van der Waals surface area contributed by atoms with E-state index in [0.717, 1.165) is 42.1 Å². The van der Waals surface area contributed by atoms with Crippen LogP contribution in [0.3, 0.4) is 0 Å². The fraction of sp³-hybridized carbons (Fsp3) is 0.421. The van der Waals surface area contributed by atoms with Crippen molar-refractivity contribution in [2.45, 2.75) is 25.4 Å². The average molecular weight is 388 g/mol. The second-order valence-corrected chi connectivity index (χ2v) is 7.30. The molecule has 1 aliphatic rings. The predicted molar refractivity (Wildman–Crippen MR) is 105 cm³/mol. The molecule has 1 N–H and O–H groups in total. The van der Waals surface area contributed by atoms with Crippen LogP contribution >= 0.6 is 11.6 Å². The third-order valence-electron chi connectivity index (χ3n) is 5.02. The molecule has 2 heterocycles. The Labute approximate surface area is 162 Å². The van der Waals surface area contributed by atoms with Gasteiger partial charge in [-0.1, -0.05) is 23.7 Å². The Morgan fingerprint density at radius 1 is 1.15 bits per heavy atom. The van der Waals surface area contributed by atoms with Crippen LogP contribution < -0.4 is 16.6 Å². The van der Waals surface area contributed by atoms with E-state index in [1.165, 1.54) is 17.2 Å². The van der Waals surface area contributed by atoms with Crippen LogP contribution in [-0.4, -0.2) is 33.2 Å². The molecular formula is C19H22ClN5O2. The highest BCUT2D eigenvalue weighted by Crippen LogP contribution is 2.19. The lowest BCUT2D eigenvalue weighted by atomic mass is 10.0. The lowest BCUT2D eigenvalue weighted by Crippen LogP contribution is -2.43. The molecule has 7 nitrogen and oxygen atoms in total. The van der Waals surface area contributed by atoms with E-state index in [0.29, 0.717) is 5.82 Å². The number of piperidine rings is 1. The Morgan fingerprint density at radius 3 is 2.37 bits per heavy atom. The number of rotatable bonds is 4. The molecule has 2 aromatic rings. The quantitative estimate of drug-likeness (QED) is 0.863. The number of aromatic nitrogens is 2. The van der Waals surface area contributed by atoms with Crippen molar-refractivity contribution in [3.05, 3.63) is 61.3 Å². The van der Waals surface area contributed by atoms with Crippen molar-refractivity contribution in [3.63, 3.8) is 0 Å². The molecular weight excluding hydrogens is 366 g/mol. The molecule has 27 heavy (non-hydrogen) atoms. The molecule has 1 aromatic heterocycles. The zero-order chi connectivity index (χ0) is 19.6. The van der Waals surface area contributed by atoms with E-state index in [1.54, 1.807) is 7.05 Å². The van der Waals surface area contributed by atoms with E-state index in [4.69, 9.17) is 11.6 Å². The van der Waals surface area contributed by atoms with Gasteiger partial charge < -0.3 is 5.32 Å². The van der Waals surface area contributed by atoms with Crippen molar-refractivity contribution in [1.29, 1.82) is 5.26 Å². The zero-order valence-corrected chi connectivity index (χ0v) is 16.2. The van der Waals surface area contributed by atoms with Crippen molar-refractivity contribution in [1.82, 2.24) is 14.0 Å². The van der Waals surface area contributed by atoms with Crippen LogP contribution in [0.1, 0.15) is 24.0 Å². The summed E-state index contributed by atoms with van der Waals surface area (Å²) in [4.78, 5) is 26.7. The van der Waals surface area contributed by atoms with Crippen molar-refractivity contribution < 1.29 is 0 Å². The summed E-state index contributed by atoms with van der Waals surface area (Å²) in [6.45, 7) is 2.64. The van der Waals surface area contributed by atoms with Gasteiger partial charge in [-0.2, -0.15) is 5.26 Å². The molecule has 1 fully saturated rings. The second kappa shape index (κ2) is 7.99. The summed E-state index contributed by atoms with van der Waals surface area (Å²) in [5, 5.41) is 13.3. The van der Waals surface area contributed by atoms with E-state index in [2.05, 4.69) is 10.2 Å². The summed E-state index contributed by atoms with van der Waals surface area (Å²) in [5.74, 6) is 0.307. The van der Waals surface area contributed by atoms with Gasteiger partial charge in [0.2, 0.25) is 0 Å². The standard InChI is InChI=1S/C19H22ClN5O2/c1-23-17(16(11-21)18(26)24(2)19(23)27)22-15-7-9-25(10-8-15)12-13-3-5-14(20)6-4-13/h3-6,15,22H,7-10,12H2,1-2H3. The third-order valence-corrected chi connectivity index (χ3v) is 5.28. The minimum Gasteiger partial charge on any atom is -0.367 e. The topological polar surface area (TPSA) is 83.1 Å². The van der Waals surface area contributed by atoms with Crippen LogP contribution in [0, 0.1) is 11.3 Å². The van der Waals surface area contributed by atoms with Gasteiger partial charge >= 0.3 is 5.69 Å². The van der Waals surface area contributed by atoms with Crippen LogP contribution in [0.5, 0.6) is 0 Å². The van der Waals surface area contributed by atoms with Gasteiger partial charge in [-0.05, 0) is 30.5 Å². The number of benzene rings is 1. The lowest BCUT2D eigenvalue weighted by Gasteiger charge is -2.33. The zero-order valence-electron chi connectivity index (χ0n) is 15.4. The molecule has 0 bridgehead atoms. The molecule has 0 aliphatic carbocycles. The first kappa shape index (κ1) is 19.2. The fourth-order valence-electron chi connectivity index (χ4n) is 3.39. The summed E-state index contributed by atoms with van der Waals surface area (Å²) >= 11 is 5.93. The van der Waals surface area contributed by atoms with Gasteiger partial charge in [-0.3, -0.25) is 18.8 Å². The smallest absolute Gasteiger partial charge is 0.332 e. The van der Waals surface area contributed by atoms with Crippen molar-refractivity contribution in [3.8, 4) is 6.07 Å². The van der Waals surface area contributed by atoms with Gasteiger partial charge in [-0.25, -0.2) is 4.79 Å². The van der Waals surface area contributed by atoms with Gasteiger partial charge in [-0.15, -0.1) is 0 Å². The van der Waals surface area contributed by atoms with Crippen molar-refractivity contribution in [2.24, 2.45) is 14.1 Å². The normalized spacial score (nSPS) is 15.5. The van der Waals surface area contributed by atoms with Gasteiger partial charge in [0, 0.05) is 44.8 Å². The first-order chi connectivity index (χ1) is 12.9. The van der Waals surface area contributed by atoms with E-state index in [1.807, 2.05) is 30.3 Å². The van der Waals surface area contributed by atoms with E-state index in [-0.39, 0.29) is 11.6 Å². The highest BCUT2D eigenvalue weighted by molar-refractivity contribution is 6.30. The molecule has 8 heteroatoms. The molecule has 0 unspecified atom stereocenters. The monoisotopic (exact) mass is 387 g/mol. The molecule has 0 amide bonds. The highest BCUT2D eigenvalue weighted by Gasteiger charge is 2.23. The molecule has 0 radical (unpaired) electrons. The molecule has 1 aliphatic heterocycles. The number of hydrogen-bond acceptors (Lipinski definition) is 5. The van der Waals surface area contributed by atoms with E-state index in [9.17, 15) is 14.9 Å². The van der Waals surface area contributed by atoms with Crippen molar-refractivity contribution in [2.75, 3.05) is 18.4 Å². The van der Waals surface area contributed by atoms with Gasteiger partial charge in [0.05, 0.1) is 0 Å². The number of nitrogens with one attached hydrogen (secondary N) is 1. The number of halogens is 1. The minimum absolute atomic E-state index is 0.0248. The Balaban J connectivity index is 1.68. The fourth-order valence-corrected chi connectivity index (χ4v) is 3.52. The van der Waals surface area contributed by atoms with Crippen LogP contribution in [-0.2, 0) is 20.6 Å². The molecule has 1 aromatic carbocycles. The molecule has 3 rings (SSSR count). The SMILES string of the molecule is Cn1c(NC2CCN(Cc3ccc(Cl)cc3)CC2)c(C#N)c(=O)n(C)c1=O. The number of likely N-dealkylation sites (tertiary alicyclic amines) is 1. The van der Waals surface area contributed by atoms with Crippen LogP contribution in [0.25, 0.3) is 0 Å². The molecule has 0 spiro atoms. The summed E-state index contributed by atoms with van der Waals surface area (Å²) in [5.41, 5.74) is 0.180.